The van der Waals surface area contributed by atoms with Gasteiger partial charge in [0, 0.05) is 22.8 Å². The van der Waals surface area contributed by atoms with Crippen LogP contribution >= 0.6 is 11.3 Å². The second-order valence-electron chi connectivity index (χ2n) is 3.80. The Morgan fingerprint density at radius 1 is 1.33 bits per heavy atom. The van der Waals surface area contributed by atoms with Crippen LogP contribution in [0.15, 0.2) is 12.4 Å². The Kier molecular flexibility index (Phi) is 4.06. The number of hydrogen-bond acceptors (Lipinski definition) is 7. The molecular weight excluding hydrogens is 248 g/mol. The summed E-state index contributed by atoms with van der Waals surface area (Å²) < 4.78 is 0. The summed E-state index contributed by atoms with van der Waals surface area (Å²) in [7, 11) is 0. The van der Waals surface area contributed by atoms with Gasteiger partial charge in [0.1, 0.15) is 10.8 Å². The van der Waals surface area contributed by atoms with Gasteiger partial charge in [0.15, 0.2) is 0 Å². The lowest BCUT2D eigenvalue weighted by Crippen LogP contribution is -2.12. The van der Waals surface area contributed by atoms with Gasteiger partial charge in [-0.2, -0.15) is 4.98 Å². The van der Waals surface area contributed by atoms with Gasteiger partial charge in [-0.05, 0) is 13.3 Å². The van der Waals surface area contributed by atoms with E-state index in [1.165, 1.54) is 4.88 Å². The molecule has 0 bridgehead atoms. The lowest BCUT2D eigenvalue weighted by Gasteiger charge is -2.07. The largest absolute Gasteiger partial charge is 0.363 e. The van der Waals surface area contributed by atoms with Crippen LogP contribution in [0.3, 0.4) is 0 Å². The van der Waals surface area contributed by atoms with Crippen LogP contribution in [-0.2, 0) is 13.0 Å². The highest BCUT2D eigenvalue weighted by Gasteiger charge is 2.05. The van der Waals surface area contributed by atoms with E-state index in [4.69, 9.17) is 5.84 Å². The first-order chi connectivity index (χ1) is 8.72. The number of anilines is 2. The molecule has 96 valence electrons. The summed E-state index contributed by atoms with van der Waals surface area (Å²) in [6.45, 7) is 4.73. The highest BCUT2D eigenvalue weighted by molar-refractivity contribution is 7.11. The van der Waals surface area contributed by atoms with Crippen molar-refractivity contribution in [1.82, 2.24) is 15.0 Å². The van der Waals surface area contributed by atoms with Crippen molar-refractivity contribution in [3.63, 3.8) is 0 Å². The van der Waals surface area contributed by atoms with Crippen LogP contribution < -0.4 is 16.6 Å². The number of thiazole rings is 1. The van der Waals surface area contributed by atoms with Crippen molar-refractivity contribution in [2.45, 2.75) is 26.8 Å². The number of rotatable bonds is 5. The van der Waals surface area contributed by atoms with Gasteiger partial charge in [-0.1, -0.05) is 6.92 Å². The Hall–Kier alpha value is -1.73. The molecule has 2 aromatic rings. The first-order valence-electron chi connectivity index (χ1n) is 5.70. The first kappa shape index (κ1) is 12.7. The van der Waals surface area contributed by atoms with Gasteiger partial charge in [-0.3, -0.25) is 5.43 Å². The van der Waals surface area contributed by atoms with E-state index in [1.807, 2.05) is 13.1 Å². The molecular formula is C11H16N6S. The van der Waals surface area contributed by atoms with E-state index < -0.39 is 0 Å². The van der Waals surface area contributed by atoms with Gasteiger partial charge in [0.2, 0.25) is 5.95 Å². The topological polar surface area (TPSA) is 88.8 Å². The van der Waals surface area contributed by atoms with Crippen molar-refractivity contribution < 1.29 is 0 Å². The van der Waals surface area contributed by atoms with Crippen molar-refractivity contribution in [2.24, 2.45) is 5.84 Å². The third kappa shape index (κ3) is 2.93. The number of nitrogens with two attached hydrogens (primary N) is 1. The smallest absolute Gasteiger partial charge is 0.239 e. The van der Waals surface area contributed by atoms with Gasteiger partial charge in [-0.25, -0.2) is 15.8 Å². The van der Waals surface area contributed by atoms with Crippen molar-refractivity contribution in [3.8, 4) is 0 Å². The van der Waals surface area contributed by atoms with E-state index in [0.717, 1.165) is 22.8 Å². The summed E-state index contributed by atoms with van der Waals surface area (Å²) in [5.74, 6) is 6.45. The van der Waals surface area contributed by atoms with Crippen molar-refractivity contribution in [2.75, 3.05) is 10.7 Å². The summed E-state index contributed by atoms with van der Waals surface area (Å²) in [6.07, 6.45) is 4.66. The minimum Gasteiger partial charge on any atom is -0.363 e. The van der Waals surface area contributed by atoms with Gasteiger partial charge in [-0.15, -0.1) is 11.3 Å². The quantitative estimate of drug-likeness (QED) is 0.562. The molecule has 0 fully saturated rings. The molecule has 7 heteroatoms. The molecule has 0 aromatic carbocycles. The molecule has 0 atom stereocenters. The molecule has 0 saturated carbocycles. The van der Waals surface area contributed by atoms with Crippen LogP contribution in [0, 0.1) is 6.92 Å². The Labute approximate surface area is 110 Å². The molecule has 0 aliphatic heterocycles. The second-order valence-corrected chi connectivity index (χ2v) is 5.00. The predicted molar refractivity (Wildman–Crippen MR) is 73.4 cm³/mol. The van der Waals surface area contributed by atoms with E-state index >= 15 is 0 Å². The predicted octanol–water partition coefficient (Wildman–Crippen LogP) is 1.70. The highest BCUT2D eigenvalue weighted by Crippen LogP contribution is 2.17. The maximum absolute atomic E-state index is 5.28. The fourth-order valence-electron chi connectivity index (χ4n) is 1.44. The monoisotopic (exact) mass is 264 g/mol. The van der Waals surface area contributed by atoms with Crippen LogP contribution in [0.2, 0.25) is 0 Å². The molecule has 0 unspecified atom stereocenters. The molecule has 0 aliphatic rings. The molecule has 18 heavy (non-hydrogen) atoms. The Morgan fingerprint density at radius 2 is 2.17 bits per heavy atom. The standard InChI is InChI=1S/C11H16N6S/c1-3-8-5-13-9(18-8)6-14-10-7(2)4-15-11(16-10)17-12/h4-5H,3,6,12H2,1-2H3,(H2,14,15,16,17). The van der Waals surface area contributed by atoms with E-state index in [-0.39, 0.29) is 0 Å². The van der Waals surface area contributed by atoms with Crippen LogP contribution in [0.4, 0.5) is 11.8 Å². The van der Waals surface area contributed by atoms with Crippen molar-refractivity contribution >= 4 is 23.1 Å². The molecule has 4 N–H and O–H groups in total. The normalized spacial score (nSPS) is 10.4. The van der Waals surface area contributed by atoms with E-state index in [2.05, 4.69) is 32.6 Å². The number of hydrazine groups is 1. The molecule has 0 spiro atoms. The molecule has 2 rings (SSSR count). The lowest BCUT2D eigenvalue weighted by molar-refractivity contribution is 1.03. The molecule has 2 aromatic heterocycles. The minimum absolute atomic E-state index is 0.400. The molecule has 0 saturated heterocycles. The summed E-state index contributed by atoms with van der Waals surface area (Å²) in [5.41, 5.74) is 3.40. The summed E-state index contributed by atoms with van der Waals surface area (Å²) >= 11 is 1.71. The Bertz CT molecular complexity index is 524. The SMILES string of the molecule is CCc1cnc(CNc2nc(NN)ncc2C)s1. The number of nitrogens with one attached hydrogen (secondary N) is 2. The van der Waals surface area contributed by atoms with E-state index in [1.54, 1.807) is 17.5 Å². The number of nitrogens with zero attached hydrogens (tertiary/aromatic N) is 3. The summed E-state index contributed by atoms with van der Waals surface area (Å²) in [5, 5.41) is 4.29. The second kappa shape index (κ2) is 5.74. The minimum atomic E-state index is 0.400. The average Bonchev–Trinajstić information content (AvgIpc) is 2.86. The van der Waals surface area contributed by atoms with Crippen LogP contribution in [0.1, 0.15) is 22.4 Å². The van der Waals surface area contributed by atoms with Gasteiger partial charge in [0.25, 0.3) is 0 Å². The van der Waals surface area contributed by atoms with Crippen LogP contribution in [-0.4, -0.2) is 15.0 Å². The average molecular weight is 264 g/mol. The van der Waals surface area contributed by atoms with E-state index in [9.17, 15) is 0 Å². The lowest BCUT2D eigenvalue weighted by atomic mass is 10.3. The third-order valence-electron chi connectivity index (χ3n) is 2.46. The van der Waals surface area contributed by atoms with Crippen molar-refractivity contribution in [1.29, 1.82) is 0 Å². The fourth-order valence-corrected chi connectivity index (χ4v) is 2.25. The number of aryl methyl sites for hydroxylation is 2. The van der Waals surface area contributed by atoms with Gasteiger partial charge < -0.3 is 5.32 Å². The Morgan fingerprint density at radius 3 is 2.83 bits per heavy atom. The maximum atomic E-state index is 5.28. The third-order valence-corrected chi connectivity index (χ3v) is 3.60. The number of nitrogen functional groups attached to an aromatic ring is 1. The molecule has 0 amide bonds. The first-order valence-corrected chi connectivity index (χ1v) is 6.52. The van der Waals surface area contributed by atoms with Gasteiger partial charge >= 0.3 is 0 Å². The zero-order valence-corrected chi connectivity index (χ0v) is 11.2. The molecule has 0 radical (unpaired) electrons. The number of aromatic nitrogens is 3. The van der Waals surface area contributed by atoms with Crippen LogP contribution in [0.25, 0.3) is 0 Å². The maximum Gasteiger partial charge on any atom is 0.239 e. The van der Waals surface area contributed by atoms with Crippen molar-refractivity contribution in [3.05, 3.63) is 27.8 Å². The Balaban J connectivity index is 2.05. The zero-order chi connectivity index (χ0) is 13.0. The number of hydrogen-bond donors (Lipinski definition) is 3. The molecule has 2 heterocycles. The van der Waals surface area contributed by atoms with Crippen LogP contribution in [0.5, 0.6) is 0 Å². The van der Waals surface area contributed by atoms with Gasteiger partial charge in [0.05, 0.1) is 6.54 Å². The zero-order valence-electron chi connectivity index (χ0n) is 10.4. The highest BCUT2D eigenvalue weighted by atomic mass is 32.1. The summed E-state index contributed by atoms with van der Waals surface area (Å²) in [6, 6.07) is 0. The van der Waals surface area contributed by atoms with E-state index in [0.29, 0.717) is 12.5 Å². The molecule has 6 nitrogen and oxygen atoms in total. The fraction of sp³-hybridized carbons (Fsp3) is 0.364. The molecule has 0 aliphatic carbocycles. The summed E-state index contributed by atoms with van der Waals surface area (Å²) in [4.78, 5) is 13.9.